The van der Waals surface area contributed by atoms with Crippen molar-refractivity contribution in [2.24, 2.45) is 5.92 Å². The van der Waals surface area contributed by atoms with Crippen LogP contribution in [0, 0.1) is 5.92 Å². The summed E-state index contributed by atoms with van der Waals surface area (Å²) in [7, 11) is 0. The van der Waals surface area contributed by atoms with E-state index in [0.717, 1.165) is 16.9 Å². The summed E-state index contributed by atoms with van der Waals surface area (Å²) in [6, 6.07) is 17.3. The molecule has 5 nitrogen and oxygen atoms in total. The van der Waals surface area contributed by atoms with E-state index in [2.05, 4.69) is 12.1 Å². The second kappa shape index (κ2) is 6.82. The highest BCUT2D eigenvalue weighted by Gasteiger charge is 2.55. The van der Waals surface area contributed by atoms with Gasteiger partial charge in [0.25, 0.3) is 5.56 Å². The third-order valence-corrected chi connectivity index (χ3v) is 5.37. The first-order valence-corrected chi connectivity index (χ1v) is 9.57. The van der Waals surface area contributed by atoms with E-state index in [1.807, 2.05) is 68.2 Å². The molecule has 1 saturated heterocycles. The smallest absolute Gasteiger partial charge is 0.280 e. The Labute approximate surface area is 158 Å². The number of aryl methyl sites for hydroxylation is 1. The third-order valence-electron chi connectivity index (χ3n) is 5.37. The normalized spacial score (nSPS) is 20.3. The van der Waals surface area contributed by atoms with Crippen molar-refractivity contribution < 1.29 is 5.11 Å². The van der Waals surface area contributed by atoms with Gasteiger partial charge in [-0.15, -0.1) is 0 Å². The highest BCUT2D eigenvalue weighted by atomic mass is 16.3. The molecule has 2 heterocycles. The second-order valence-corrected chi connectivity index (χ2v) is 7.48. The lowest BCUT2D eigenvalue weighted by atomic mass is 9.99. The Bertz CT molecular complexity index is 1010. The van der Waals surface area contributed by atoms with Crippen LogP contribution in [-0.2, 0) is 6.42 Å². The fourth-order valence-electron chi connectivity index (χ4n) is 3.87. The zero-order chi connectivity index (χ0) is 19.1. The molecule has 0 saturated carbocycles. The molecule has 1 N–H and O–H groups in total. The second-order valence-electron chi connectivity index (χ2n) is 7.48. The predicted octanol–water partition coefficient (Wildman–Crippen LogP) is 3.04. The Morgan fingerprint density at radius 2 is 1.74 bits per heavy atom. The molecule has 1 aliphatic rings. The fraction of sp³-hybridized carbons (Fsp3) is 0.364. The maximum atomic E-state index is 13.3. The van der Waals surface area contributed by atoms with Gasteiger partial charge in [0.15, 0.2) is 0 Å². The molecule has 2 aromatic carbocycles. The fourth-order valence-corrected chi connectivity index (χ4v) is 3.87. The monoisotopic (exact) mass is 363 g/mol. The van der Waals surface area contributed by atoms with E-state index in [0.29, 0.717) is 11.8 Å². The minimum absolute atomic E-state index is 0.0328. The lowest BCUT2D eigenvalue weighted by Crippen LogP contribution is -2.37. The Kier molecular flexibility index (Phi) is 4.48. The summed E-state index contributed by atoms with van der Waals surface area (Å²) in [6.45, 7) is 6.01. The SMILES string of the molecule is CCc1nc2ccccc2c(=O)n1N1[C@H]([C@@H](O)C(C)C)[C@H]1c1ccccc1. The lowest BCUT2D eigenvalue weighted by molar-refractivity contribution is 0.121. The number of hydrogen-bond acceptors (Lipinski definition) is 4. The average molecular weight is 363 g/mol. The van der Waals surface area contributed by atoms with Crippen LogP contribution in [0.3, 0.4) is 0 Å². The molecule has 1 fully saturated rings. The minimum atomic E-state index is -0.529. The first-order valence-electron chi connectivity index (χ1n) is 9.57. The molecule has 3 atom stereocenters. The summed E-state index contributed by atoms with van der Waals surface area (Å²) in [6.07, 6.45) is 0.112. The van der Waals surface area contributed by atoms with Gasteiger partial charge in [-0.2, -0.15) is 0 Å². The van der Waals surface area contributed by atoms with Crippen LogP contribution in [0.15, 0.2) is 59.4 Å². The molecule has 27 heavy (non-hydrogen) atoms. The first kappa shape index (κ1) is 17.7. The van der Waals surface area contributed by atoms with Crippen LogP contribution < -0.4 is 10.6 Å². The van der Waals surface area contributed by atoms with Crippen LogP contribution in [0.5, 0.6) is 0 Å². The van der Waals surface area contributed by atoms with Crippen molar-refractivity contribution in [3.63, 3.8) is 0 Å². The van der Waals surface area contributed by atoms with Crippen LogP contribution in [0.1, 0.15) is 38.2 Å². The topological polar surface area (TPSA) is 58.1 Å². The van der Waals surface area contributed by atoms with E-state index in [4.69, 9.17) is 4.98 Å². The molecular formula is C22H25N3O2. The van der Waals surface area contributed by atoms with Crippen molar-refractivity contribution in [2.75, 3.05) is 5.01 Å². The van der Waals surface area contributed by atoms with Crippen molar-refractivity contribution in [2.45, 2.75) is 45.4 Å². The van der Waals surface area contributed by atoms with Gasteiger partial charge >= 0.3 is 0 Å². The summed E-state index contributed by atoms with van der Waals surface area (Å²) in [4.78, 5) is 18.0. The van der Waals surface area contributed by atoms with Crippen molar-refractivity contribution in [1.29, 1.82) is 0 Å². The maximum Gasteiger partial charge on any atom is 0.280 e. The number of nitrogens with zero attached hydrogens (tertiary/aromatic N) is 3. The molecule has 1 aliphatic heterocycles. The summed E-state index contributed by atoms with van der Waals surface area (Å²) in [5.41, 5.74) is 1.75. The largest absolute Gasteiger partial charge is 0.391 e. The van der Waals surface area contributed by atoms with Crippen LogP contribution >= 0.6 is 0 Å². The third kappa shape index (κ3) is 2.92. The van der Waals surface area contributed by atoms with Crippen LogP contribution in [-0.4, -0.2) is 26.9 Å². The van der Waals surface area contributed by atoms with Gasteiger partial charge in [-0.3, -0.25) is 9.80 Å². The number of fused-ring (bicyclic) bond motifs is 1. The highest BCUT2D eigenvalue weighted by molar-refractivity contribution is 5.77. The number of aliphatic hydroxyl groups is 1. The number of aliphatic hydroxyl groups excluding tert-OH is 1. The standard InChI is InChI=1S/C22H25N3O2/c1-4-18-23-17-13-9-8-12-16(17)22(27)24(18)25-19(15-10-6-5-7-11-15)20(25)21(26)14(2)3/h5-14,19-21,26H,4H2,1-3H3/t19-,20+,21+,25?/m1/s1. The van der Waals surface area contributed by atoms with Gasteiger partial charge in [0.1, 0.15) is 5.82 Å². The molecule has 4 rings (SSSR count). The van der Waals surface area contributed by atoms with Gasteiger partial charge in [-0.25, -0.2) is 9.66 Å². The molecule has 0 aliphatic carbocycles. The van der Waals surface area contributed by atoms with E-state index in [1.165, 1.54) is 0 Å². The maximum absolute atomic E-state index is 13.3. The van der Waals surface area contributed by atoms with Crippen LogP contribution in [0.25, 0.3) is 10.9 Å². The zero-order valence-electron chi connectivity index (χ0n) is 15.9. The van der Waals surface area contributed by atoms with Gasteiger partial charge in [-0.05, 0) is 23.6 Å². The number of para-hydroxylation sites is 1. The van der Waals surface area contributed by atoms with Crippen molar-refractivity contribution in [3.05, 3.63) is 76.3 Å². The van der Waals surface area contributed by atoms with Crippen molar-refractivity contribution in [1.82, 2.24) is 9.66 Å². The zero-order valence-corrected chi connectivity index (χ0v) is 15.9. The average Bonchev–Trinajstić information content (AvgIpc) is 3.42. The van der Waals surface area contributed by atoms with Gasteiger partial charge in [0.2, 0.25) is 0 Å². The molecule has 3 aromatic rings. The molecule has 0 unspecified atom stereocenters. The van der Waals surface area contributed by atoms with Gasteiger partial charge < -0.3 is 5.11 Å². The van der Waals surface area contributed by atoms with E-state index < -0.39 is 6.10 Å². The quantitative estimate of drug-likeness (QED) is 0.708. The molecule has 0 bridgehead atoms. The van der Waals surface area contributed by atoms with Gasteiger partial charge in [0, 0.05) is 6.42 Å². The summed E-state index contributed by atoms with van der Waals surface area (Å²) < 4.78 is 1.69. The van der Waals surface area contributed by atoms with E-state index in [9.17, 15) is 9.90 Å². The summed E-state index contributed by atoms with van der Waals surface area (Å²) in [5.74, 6) is 0.818. The lowest BCUT2D eigenvalue weighted by Gasteiger charge is -2.18. The number of rotatable bonds is 5. The van der Waals surface area contributed by atoms with Crippen molar-refractivity contribution >= 4 is 10.9 Å². The Morgan fingerprint density at radius 3 is 2.41 bits per heavy atom. The van der Waals surface area contributed by atoms with Crippen molar-refractivity contribution in [3.8, 4) is 0 Å². The summed E-state index contributed by atoms with van der Waals surface area (Å²) in [5, 5.41) is 13.4. The highest BCUT2D eigenvalue weighted by Crippen LogP contribution is 2.44. The first-order chi connectivity index (χ1) is 13.0. The molecule has 1 aromatic heterocycles. The van der Waals surface area contributed by atoms with Gasteiger partial charge in [0.05, 0.1) is 29.1 Å². The van der Waals surface area contributed by atoms with Crippen LogP contribution in [0.4, 0.5) is 0 Å². The number of aromatic nitrogens is 2. The molecule has 140 valence electrons. The van der Waals surface area contributed by atoms with E-state index in [1.54, 1.807) is 4.68 Å². The Morgan fingerprint density at radius 1 is 1.07 bits per heavy atom. The van der Waals surface area contributed by atoms with Crippen LogP contribution in [0.2, 0.25) is 0 Å². The molecular weight excluding hydrogens is 338 g/mol. The number of benzene rings is 2. The van der Waals surface area contributed by atoms with E-state index in [-0.39, 0.29) is 23.6 Å². The molecule has 0 spiro atoms. The Balaban J connectivity index is 1.88. The molecule has 0 radical (unpaired) electrons. The predicted molar refractivity (Wildman–Crippen MR) is 107 cm³/mol. The summed E-state index contributed by atoms with van der Waals surface area (Å²) >= 11 is 0. The molecule has 5 heteroatoms. The number of hydrogen-bond donors (Lipinski definition) is 1. The molecule has 0 amide bonds. The van der Waals surface area contributed by atoms with E-state index >= 15 is 0 Å². The Hall–Kier alpha value is -2.66. The minimum Gasteiger partial charge on any atom is -0.391 e. The van der Waals surface area contributed by atoms with Gasteiger partial charge in [-0.1, -0.05) is 63.2 Å².